The normalized spacial score (nSPS) is 10.9. The third-order valence-electron chi connectivity index (χ3n) is 3.88. The minimum absolute atomic E-state index is 0.0207. The first-order chi connectivity index (χ1) is 13.5. The van der Waals surface area contributed by atoms with E-state index >= 15 is 0 Å². The zero-order valence-corrected chi connectivity index (χ0v) is 14.5. The number of nitrogen functional groups attached to an aromatic ring is 1. The summed E-state index contributed by atoms with van der Waals surface area (Å²) >= 11 is 0. The monoisotopic (exact) mass is 376 g/mol. The van der Waals surface area contributed by atoms with Gasteiger partial charge in [-0.05, 0) is 24.3 Å². The summed E-state index contributed by atoms with van der Waals surface area (Å²) in [4.78, 5) is 10.8. The Kier molecular flexibility index (Phi) is 4.79. The molecule has 28 heavy (non-hydrogen) atoms. The number of aromatic nitrogens is 2. The van der Waals surface area contributed by atoms with Crippen LogP contribution in [0, 0.1) is 32.8 Å². The number of H-pyrrole nitrogens is 1. The smallest absolute Gasteiger partial charge is 0.284 e. The van der Waals surface area contributed by atoms with Crippen LogP contribution in [0.3, 0.4) is 0 Å². The van der Waals surface area contributed by atoms with Crippen molar-refractivity contribution in [1.29, 1.82) is 10.5 Å². The van der Waals surface area contributed by atoms with E-state index in [9.17, 15) is 15.4 Å². The molecule has 2 heterocycles. The molecule has 0 unspecified atom stereocenters. The lowest BCUT2D eigenvalue weighted by atomic mass is 10.1. The average Bonchev–Trinajstić information content (AvgIpc) is 3.31. The minimum Gasteiger partial charge on any atom is -0.497 e. The van der Waals surface area contributed by atoms with Gasteiger partial charge in [0.15, 0.2) is 5.82 Å². The van der Waals surface area contributed by atoms with Crippen LogP contribution >= 0.6 is 0 Å². The number of nitro benzene ring substituents is 1. The molecule has 10 heteroatoms. The van der Waals surface area contributed by atoms with Crippen molar-refractivity contribution in [2.75, 3.05) is 12.8 Å². The molecule has 0 aliphatic rings. The lowest BCUT2D eigenvalue weighted by Gasteiger charge is -2.03. The van der Waals surface area contributed by atoms with Crippen LogP contribution in [0.15, 0.2) is 34.7 Å². The quantitative estimate of drug-likeness (QED) is 0.389. The largest absolute Gasteiger partial charge is 0.497 e. The highest BCUT2D eigenvalue weighted by atomic mass is 16.6. The molecule has 0 saturated carbocycles. The highest BCUT2D eigenvalue weighted by Gasteiger charge is 2.20. The van der Waals surface area contributed by atoms with Crippen molar-refractivity contribution in [2.45, 2.75) is 0 Å². The standard InChI is InChI=1S/C18H12N6O4/c1-27-11-2-4-13(15(7-11)24(25)26)16-5-3-12(28-16)6-10(8-19)17-14(9-20)18(21)23-22-17/h2-7H,1H3,(H3,21,22,23)/b10-6+. The topological polar surface area (TPSA) is 168 Å². The highest BCUT2D eigenvalue weighted by Crippen LogP contribution is 2.35. The number of allylic oxidation sites excluding steroid dienone is 1. The van der Waals surface area contributed by atoms with Crippen molar-refractivity contribution >= 4 is 23.2 Å². The summed E-state index contributed by atoms with van der Waals surface area (Å²) in [5.41, 5.74) is 5.95. The molecule has 0 atom stereocenters. The van der Waals surface area contributed by atoms with Gasteiger partial charge in [0.1, 0.15) is 35.0 Å². The molecule has 1 aromatic carbocycles. The lowest BCUT2D eigenvalue weighted by Crippen LogP contribution is -1.93. The summed E-state index contributed by atoms with van der Waals surface area (Å²) in [5, 5.41) is 36.2. The molecular weight excluding hydrogens is 364 g/mol. The molecule has 0 aliphatic carbocycles. The number of nitriles is 2. The van der Waals surface area contributed by atoms with Gasteiger partial charge in [-0.25, -0.2) is 0 Å². The predicted molar refractivity (Wildman–Crippen MR) is 98.5 cm³/mol. The maximum Gasteiger partial charge on any atom is 0.284 e. The molecule has 0 saturated heterocycles. The first-order valence-electron chi connectivity index (χ1n) is 7.77. The number of nitrogens with one attached hydrogen (secondary N) is 1. The van der Waals surface area contributed by atoms with Gasteiger partial charge in [-0.3, -0.25) is 15.2 Å². The van der Waals surface area contributed by atoms with Crippen molar-refractivity contribution in [2.24, 2.45) is 0 Å². The summed E-state index contributed by atoms with van der Waals surface area (Å²) < 4.78 is 10.7. The minimum atomic E-state index is -0.539. The second kappa shape index (κ2) is 7.35. The van der Waals surface area contributed by atoms with Gasteiger partial charge >= 0.3 is 0 Å². The van der Waals surface area contributed by atoms with Gasteiger partial charge in [0.2, 0.25) is 0 Å². The van der Waals surface area contributed by atoms with Crippen LogP contribution in [0.4, 0.5) is 11.5 Å². The predicted octanol–water partition coefficient (Wildman–Crippen LogP) is 3.10. The molecule has 0 aliphatic heterocycles. The summed E-state index contributed by atoms with van der Waals surface area (Å²) in [7, 11) is 1.41. The number of aromatic amines is 1. The molecule has 3 aromatic rings. The number of benzene rings is 1. The summed E-state index contributed by atoms with van der Waals surface area (Å²) in [6.45, 7) is 0. The molecular formula is C18H12N6O4. The second-order valence-corrected chi connectivity index (χ2v) is 5.48. The van der Waals surface area contributed by atoms with Crippen molar-refractivity contribution < 1.29 is 14.1 Å². The van der Waals surface area contributed by atoms with Crippen LogP contribution in [0.5, 0.6) is 5.75 Å². The Morgan fingerprint density at radius 1 is 1.39 bits per heavy atom. The molecule has 0 amide bonds. The van der Waals surface area contributed by atoms with Gasteiger partial charge in [0.05, 0.1) is 34.9 Å². The first-order valence-corrected chi connectivity index (χ1v) is 7.77. The highest BCUT2D eigenvalue weighted by molar-refractivity contribution is 5.90. The Hall–Kier alpha value is -4.57. The van der Waals surface area contributed by atoms with Crippen molar-refractivity contribution in [3.05, 3.63) is 57.5 Å². The first kappa shape index (κ1) is 18.2. The maximum atomic E-state index is 11.4. The van der Waals surface area contributed by atoms with Gasteiger partial charge in [0.25, 0.3) is 5.69 Å². The lowest BCUT2D eigenvalue weighted by molar-refractivity contribution is -0.384. The van der Waals surface area contributed by atoms with E-state index in [0.29, 0.717) is 5.75 Å². The Bertz CT molecular complexity index is 1180. The molecule has 0 radical (unpaired) electrons. The fourth-order valence-electron chi connectivity index (χ4n) is 2.54. The maximum absolute atomic E-state index is 11.4. The fraction of sp³-hybridized carbons (Fsp3) is 0.0556. The van der Waals surface area contributed by atoms with Crippen LogP contribution in [0.25, 0.3) is 23.0 Å². The van der Waals surface area contributed by atoms with E-state index in [2.05, 4.69) is 10.2 Å². The van der Waals surface area contributed by atoms with Gasteiger partial charge in [-0.2, -0.15) is 15.6 Å². The summed E-state index contributed by atoms with van der Waals surface area (Å²) in [5.74, 6) is 0.818. The number of methoxy groups -OCH3 is 1. The van der Waals surface area contributed by atoms with Gasteiger partial charge in [-0.15, -0.1) is 0 Å². The number of nitrogens with two attached hydrogens (primary N) is 1. The zero-order chi connectivity index (χ0) is 20.3. The summed E-state index contributed by atoms with van der Waals surface area (Å²) in [6.07, 6.45) is 1.38. The number of rotatable bonds is 5. The SMILES string of the molecule is COc1ccc(-c2ccc(/C=C(\C#N)c3[nH]nc(N)c3C#N)o2)c([N+](=O)[O-])c1. The molecule has 138 valence electrons. The Balaban J connectivity index is 2.03. The number of anilines is 1. The number of ether oxygens (including phenoxy) is 1. The number of nitro groups is 1. The number of hydrogen-bond acceptors (Lipinski definition) is 8. The van der Waals surface area contributed by atoms with Crippen LogP contribution in [0.2, 0.25) is 0 Å². The number of nitrogens with zero attached hydrogens (tertiary/aromatic N) is 4. The van der Waals surface area contributed by atoms with Crippen LogP contribution in [-0.2, 0) is 0 Å². The Labute approximate surface area is 158 Å². The van der Waals surface area contributed by atoms with E-state index in [1.807, 2.05) is 12.1 Å². The van der Waals surface area contributed by atoms with Crippen molar-refractivity contribution in [3.63, 3.8) is 0 Å². The van der Waals surface area contributed by atoms with Gasteiger partial charge < -0.3 is 14.9 Å². The van der Waals surface area contributed by atoms with Gasteiger partial charge in [-0.1, -0.05) is 0 Å². The van der Waals surface area contributed by atoms with E-state index < -0.39 is 4.92 Å². The van der Waals surface area contributed by atoms with E-state index in [-0.39, 0.29) is 45.4 Å². The molecule has 0 fully saturated rings. The zero-order valence-electron chi connectivity index (χ0n) is 14.5. The van der Waals surface area contributed by atoms with Crippen LogP contribution in [0.1, 0.15) is 17.0 Å². The van der Waals surface area contributed by atoms with Crippen molar-refractivity contribution in [3.8, 4) is 29.2 Å². The second-order valence-electron chi connectivity index (χ2n) is 5.48. The molecule has 0 spiro atoms. The van der Waals surface area contributed by atoms with Crippen LogP contribution < -0.4 is 10.5 Å². The third-order valence-corrected chi connectivity index (χ3v) is 3.88. The van der Waals surface area contributed by atoms with Crippen molar-refractivity contribution in [1.82, 2.24) is 10.2 Å². The van der Waals surface area contributed by atoms with E-state index in [1.54, 1.807) is 18.2 Å². The molecule has 3 N–H and O–H groups in total. The molecule has 3 rings (SSSR count). The number of furan rings is 1. The van der Waals surface area contributed by atoms with E-state index in [0.717, 1.165) is 0 Å². The van der Waals surface area contributed by atoms with Crippen LogP contribution in [-0.4, -0.2) is 22.2 Å². The van der Waals surface area contributed by atoms with Gasteiger partial charge in [0, 0.05) is 6.08 Å². The average molecular weight is 376 g/mol. The van der Waals surface area contributed by atoms with E-state index in [4.69, 9.17) is 20.1 Å². The van der Waals surface area contributed by atoms with E-state index in [1.165, 1.54) is 25.3 Å². The number of hydrogen-bond donors (Lipinski definition) is 2. The fourth-order valence-corrected chi connectivity index (χ4v) is 2.54. The Morgan fingerprint density at radius 3 is 2.82 bits per heavy atom. The third kappa shape index (κ3) is 3.25. The summed E-state index contributed by atoms with van der Waals surface area (Å²) in [6, 6.07) is 11.3. The molecule has 10 nitrogen and oxygen atoms in total. The Morgan fingerprint density at radius 2 is 2.18 bits per heavy atom. The molecule has 0 bridgehead atoms. The molecule has 2 aromatic heterocycles.